The van der Waals surface area contributed by atoms with Crippen molar-refractivity contribution in [2.75, 3.05) is 0 Å². The first-order chi connectivity index (χ1) is 6.02. The maximum absolute atomic E-state index is 11.0. The van der Waals surface area contributed by atoms with E-state index in [0.29, 0.717) is 0 Å². The van der Waals surface area contributed by atoms with Crippen molar-refractivity contribution in [1.29, 1.82) is 0 Å². The standard InChI is InChI=1S/C9H17N3O/c1-7(2)11-8(13)12-10-6-9(3)4-5-9/h6-7H,4-5H2,1-3H3,(H2,11,12,13)/b10-6+. The molecule has 0 unspecified atom stereocenters. The number of carbonyl (C=O) groups excluding carboxylic acids is 1. The summed E-state index contributed by atoms with van der Waals surface area (Å²) in [4.78, 5) is 11.0. The van der Waals surface area contributed by atoms with Crippen molar-refractivity contribution in [3.8, 4) is 0 Å². The van der Waals surface area contributed by atoms with Crippen LogP contribution >= 0.6 is 0 Å². The molecule has 0 aromatic rings. The van der Waals surface area contributed by atoms with E-state index in [4.69, 9.17) is 0 Å². The van der Waals surface area contributed by atoms with Crippen molar-refractivity contribution in [2.45, 2.75) is 39.7 Å². The Bertz CT molecular complexity index is 219. The molecule has 1 aliphatic carbocycles. The third kappa shape index (κ3) is 3.92. The molecule has 0 bridgehead atoms. The highest BCUT2D eigenvalue weighted by Crippen LogP contribution is 2.42. The summed E-state index contributed by atoms with van der Waals surface area (Å²) >= 11 is 0. The Balaban J connectivity index is 2.18. The minimum absolute atomic E-state index is 0.145. The van der Waals surface area contributed by atoms with Crippen LogP contribution < -0.4 is 10.7 Å². The van der Waals surface area contributed by atoms with Gasteiger partial charge in [0.2, 0.25) is 0 Å². The minimum Gasteiger partial charge on any atom is -0.335 e. The van der Waals surface area contributed by atoms with Crippen molar-refractivity contribution < 1.29 is 4.79 Å². The van der Waals surface area contributed by atoms with E-state index in [2.05, 4.69) is 22.8 Å². The summed E-state index contributed by atoms with van der Waals surface area (Å²) in [7, 11) is 0. The molecular weight excluding hydrogens is 166 g/mol. The van der Waals surface area contributed by atoms with Gasteiger partial charge in [0.1, 0.15) is 0 Å². The van der Waals surface area contributed by atoms with Gasteiger partial charge in [0.05, 0.1) is 0 Å². The smallest absolute Gasteiger partial charge is 0.335 e. The van der Waals surface area contributed by atoms with Crippen LogP contribution in [-0.4, -0.2) is 18.3 Å². The number of rotatable bonds is 3. The van der Waals surface area contributed by atoms with Gasteiger partial charge in [-0.3, -0.25) is 0 Å². The molecule has 1 fully saturated rings. The number of carbonyl (C=O) groups is 1. The Hall–Kier alpha value is -1.06. The van der Waals surface area contributed by atoms with Crippen LogP contribution in [0.4, 0.5) is 4.79 Å². The Kier molecular flexibility index (Phi) is 2.90. The van der Waals surface area contributed by atoms with Crippen LogP contribution in [0.25, 0.3) is 0 Å². The van der Waals surface area contributed by atoms with Gasteiger partial charge in [-0.1, -0.05) is 6.92 Å². The van der Waals surface area contributed by atoms with Crippen LogP contribution in [0.5, 0.6) is 0 Å². The fourth-order valence-electron chi connectivity index (χ4n) is 0.867. The second-order valence-corrected chi connectivity index (χ2v) is 4.15. The number of nitrogens with zero attached hydrogens (tertiary/aromatic N) is 1. The normalized spacial score (nSPS) is 19.1. The Morgan fingerprint density at radius 3 is 2.62 bits per heavy atom. The van der Waals surface area contributed by atoms with Gasteiger partial charge in [0, 0.05) is 17.7 Å². The molecule has 0 saturated heterocycles. The number of hydrogen-bond acceptors (Lipinski definition) is 2. The summed E-state index contributed by atoms with van der Waals surface area (Å²) < 4.78 is 0. The average Bonchev–Trinajstić information content (AvgIpc) is 2.66. The minimum atomic E-state index is -0.240. The van der Waals surface area contributed by atoms with Crippen LogP contribution in [-0.2, 0) is 0 Å². The zero-order valence-electron chi connectivity index (χ0n) is 8.42. The monoisotopic (exact) mass is 183 g/mol. The maximum Gasteiger partial charge on any atom is 0.335 e. The summed E-state index contributed by atoms with van der Waals surface area (Å²) in [6.07, 6.45) is 4.15. The molecule has 13 heavy (non-hydrogen) atoms. The van der Waals surface area contributed by atoms with Crippen LogP contribution in [0.2, 0.25) is 0 Å². The molecule has 2 N–H and O–H groups in total. The molecule has 74 valence electrons. The fourth-order valence-corrected chi connectivity index (χ4v) is 0.867. The topological polar surface area (TPSA) is 53.5 Å². The number of hydrogen-bond donors (Lipinski definition) is 2. The lowest BCUT2D eigenvalue weighted by atomic mass is 10.2. The van der Waals surface area contributed by atoms with E-state index < -0.39 is 0 Å². The zero-order valence-corrected chi connectivity index (χ0v) is 8.42. The first-order valence-electron chi connectivity index (χ1n) is 4.63. The van der Waals surface area contributed by atoms with Crippen LogP contribution in [0.3, 0.4) is 0 Å². The lowest BCUT2D eigenvalue weighted by Gasteiger charge is -2.06. The molecule has 0 aromatic carbocycles. The zero-order chi connectivity index (χ0) is 9.90. The summed E-state index contributed by atoms with van der Waals surface area (Å²) in [5.74, 6) is 0. The van der Waals surface area contributed by atoms with Gasteiger partial charge in [0.15, 0.2) is 0 Å². The summed E-state index contributed by atoms with van der Waals surface area (Å²) in [6, 6.07) is -0.0952. The maximum atomic E-state index is 11.0. The van der Waals surface area contributed by atoms with E-state index >= 15 is 0 Å². The molecule has 1 rings (SSSR count). The summed E-state index contributed by atoms with van der Waals surface area (Å²) in [5.41, 5.74) is 2.67. The molecule has 4 nitrogen and oxygen atoms in total. The van der Waals surface area contributed by atoms with E-state index in [9.17, 15) is 4.79 Å². The van der Waals surface area contributed by atoms with E-state index in [1.165, 1.54) is 12.8 Å². The molecule has 0 aliphatic heterocycles. The Morgan fingerprint density at radius 2 is 2.15 bits per heavy atom. The van der Waals surface area contributed by atoms with Gasteiger partial charge in [-0.2, -0.15) is 5.10 Å². The molecule has 0 aromatic heterocycles. The predicted octanol–water partition coefficient (Wildman–Crippen LogP) is 1.48. The fraction of sp³-hybridized carbons (Fsp3) is 0.778. The van der Waals surface area contributed by atoms with E-state index in [1.807, 2.05) is 20.1 Å². The van der Waals surface area contributed by atoms with Gasteiger partial charge in [-0.25, -0.2) is 10.2 Å². The molecule has 0 radical (unpaired) electrons. The van der Waals surface area contributed by atoms with Crippen LogP contribution in [0.1, 0.15) is 33.6 Å². The van der Waals surface area contributed by atoms with E-state index in [-0.39, 0.29) is 17.5 Å². The third-order valence-electron chi connectivity index (χ3n) is 2.00. The summed E-state index contributed by atoms with van der Waals surface area (Å²) in [5, 5.41) is 6.56. The van der Waals surface area contributed by atoms with Crippen LogP contribution in [0.15, 0.2) is 5.10 Å². The lowest BCUT2D eigenvalue weighted by molar-refractivity contribution is 0.239. The van der Waals surface area contributed by atoms with Crippen molar-refractivity contribution in [1.82, 2.24) is 10.7 Å². The SMILES string of the molecule is CC(C)NC(=O)N/N=C/C1(C)CC1. The van der Waals surface area contributed by atoms with Gasteiger partial charge in [-0.15, -0.1) is 0 Å². The quantitative estimate of drug-likeness (QED) is 0.505. The average molecular weight is 183 g/mol. The van der Waals surface area contributed by atoms with E-state index in [1.54, 1.807) is 0 Å². The first kappa shape index (κ1) is 10.0. The van der Waals surface area contributed by atoms with Crippen molar-refractivity contribution >= 4 is 12.2 Å². The Morgan fingerprint density at radius 1 is 1.54 bits per heavy atom. The molecule has 0 heterocycles. The van der Waals surface area contributed by atoms with Crippen molar-refractivity contribution in [3.63, 3.8) is 0 Å². The molecule has 0 spiro atoms. The second-order valence-electron chi connectivity index (χ2n) is 4.15. The molecular formula is C9H17N3O. The lowest BCUT2D eigenvalue weighted by Crippen LogP contribution is -2.37. The molecule has 1 aliphatic rings. The first-order valence-corrected chi connectivity index (χ1v) is 4.63. The highest BCUT2D eigenvalue weighted by Gasteiger charge is 2.35. The van der Waals surface area contributed by atoms with Gasteiger partial charge in [-0.05, 0) is 26.7 Å². The number of hydrazone groups is 1. The Labute approximate surface area is 78.8 Å². The molecule has 1 saturated carbocycles. The molecule has 2 amide bonds. The predicted molar refractivity (Wildman–Crippen MR) is 52.6 cm³/mol. The van der Waals surface area contributed by atoms with Crippen molar-refractivity contribution in [2.24, 2.45) is 10.5 Å². The van der Waals surface area contributed by atoms with Gasteiger partial charge in [0.25, 0.3) is 0 Å². The van der Waals surface area contributed by atoms with Gasteiger partial charge >= 0.3 is 6.03 Å². The summed E-state index contributed by atoms with van der Waals surface area (Å²) in [6.45, 7) is 5.94. The highest BCUT2D eigenvalue weighted by atomic mass is 16.2. The van der Waals surface area contributed by atoms with E-state index in [0.717, 1.165) is 0 Å². The number of urea groups is 1. The van der Waals surface area contributed by atoms with Gasteiger partial charge < -0.3 is 5.32 Å². The third-order valence-corrected chi connectivity index (χ3v) is 2.00. The molecule has 0 atom stereocenters. The second kappa shape index (κ2) is 3.77. The molecule has 4 heteroatoms. The highest BCUT2D eigenvalue weighted by molar-refractivity contribution is 5.76. The number of nitrogens with one attached hydrogen (secondary N) is 2. The van der Waals surface area contributed by atoms with Crippen LogP contribution in [0, 0.1) is 5.41 Å². The number of amides is 2. The largest absolute Gasteiger partial charge is 0.335 e. The van der Waals surface area contributed by atoms with Crippen molar-refractivity contribution in [3.05, 3.63) is 0 Å².